The third kappa shape index (κ3) is 4.24. The van der Waals surface area contributed by atoms with Gasteiger partial charge < -0.3 is 10.2 Å². The summed E-state index contributed by atoms with van der Waals surface area (Å²) in [5, 5.41) is 9.69. The molecule has 10 heteroatoms. The molecule has 0 saturated carbocycles. The quantitative estimate of drug-likeness (QED) is 0.670. The largest absolute Gasteiger partial charge is 0.309 e. The first kappa shape index (κ1) is 18.7. The second kappa shape index (κ2) is 8.13. The first-order valence-corrected chi connectivity index (χ1v) is 9.94. The Hall–Kier alpha value is -2.69. The molecule has 0 unspecified atom stereocenters. The number of carbonyl (C=O) groups excluding carboxylic acids is 1. The molecule has 0 radical (unpaired) electrons. The van der Waals surface area contributed by atoms with Gasteiger partial charge in [-0.15, -0.1) is 11.3 Å². The lowest BCUT2D eigenvalue weighted by Gasteiger charge is -2.20. The third-order valence-electron chi connectivity index (χ3n) is 4.69. The molecule has 1 aliphatic rings. The Bertz CT molecular complexity index is 873. The number of anilines is 1. The molecule has 0 aromatic carbocycles. The summed E-state index contributed by atoms with van der Waals surface area (Å²) in [6.07, 6.45) is 6.26. The van der Waals surface area contributed by atoms with E-state index in [-0.39, 0.29) is 5.91 Å². The Morgan fingerprint density at radius 3 is 2.93 bits per heavy atom. The lowest BCUT2D eigenvalue weighted by atomic mass is 10.2. The Labute approximate surface area is 167 Å². The maximum atomic E-state index is 12.6. The van der Waals surface area contributed by atoms with Crippen LogP contribution in [-0.2, 0) is 4.79 Å². The first-order chi connectivity index (χ1) is 13.6. The second-order valence-corrected chi connectivity index (χ2v) is 7.81. The van der Waals surface area contributed by atoms with E-state index < -0.39 is 0 Å². The van der Waals surface area contributed by atoms with Gasteiger partial charge in [0.1, 0.15) is 5.82 Å². The van der Waals surface area contributed by atoms with Gasteiger partial charge in [0.05, 0.1) is 6.54 Å². The van der Waals surface area contributed by atoms with E-state index in [0.29, 0.717) is 35.1 Å². The average molecular weight is 398 g/mol. The molecule has 1 amide bonds. The molecular weight excluding hydrogens is 376 g/mol. The Balaban J connectivity index is 1.51. The van der Waals surface area contributed by atoms with E-state index in [2.05, 4.69) is 49.3 Å². The van der Waals surface area contributed by atoms with Gasteiger partial charge in [0.25, 0.3) is 0 Å². The van der Waals surface area contributed by atoms with E-state index in [1.165, 1.54) is 11.3 Å². The van der Waals surface area contributed by atoms with Gasteiger partial charge in [0.2, 0.25) is 5.91 Å². The van der Waals surface area contributed by atoms with Crippen LogP contribution in [0.2, 0.25) is 0 Å². The molecule has 9 nitrogen and oxygen atoms in total. The van der Waals surface area contributed by atoms with Gasteiger partial charge in [0, 0.05) is 49.2 Å². The molecule has 1 atom stereocenters. The van der Waals surface area contributed by atoms with Crippen molar-refractivity contribution in [3.05, 3.63) is 36.1 Å². The van der Waals surface area contributed by atoms with E-state index >= 15 is 0 Å². The van der Waals surface area contributed by atoms with Crippen LogP contribution < -0.4 is 5.32 Å². The predicted octanol–water partition coefficient (Wildman–Crippen LogP) is 1.36. The number of nitrogens with zero attached hydrogens (tertiary/aromatic N) is 7. The molecular formula is C18H22N8OS. The number of carbonyl (C=O) groups is 1. The lowest BCUT2D eigenvalue weighted by molar-refractivity contribution is -0.117. The number of hydrogen-bond donors (Lipinski definition) is 1. The highest BCUT2D eigenvalue weighted by Gasteiger charge is 2.25. The summed E-state index contributed by atoms with van der Waals surface area (Å²) in [6.45, 7) is 2.16. The maximum Gasteiger partial charge on any atom is 0.239 e. The summed E-state index contributed by atoms with van der Waals surface area (Å²) in [5.41, 5.74) is 0. The molecule has 1 saturated heterocycles. The number of aromatic nitrogens is 5. The number of amides is 1. The average Bonchev–Trinajstić information content (AvgIpc) is 3.43. The van der Waals surface area contributed by atoms with Crippen molar-refractivity contribution >= 4 is 23.1 Å². The van der Waals surface area contributed by atoms with E-state index in [1.807, 2.05) is 11.4 Å². The minimum Gasteiger partial charge on any atom is -0.309 e. The van der Waals surface area contributed by atoms with Crippen LogP contribution in [0.25, 0.3) is 16.6 Å². The number of likely N-dealkylation sites (tertiary alicyclic amines) is 1. The number of thiazole rings is 1. The summed E-state index contributed by atoms with van der Waals surface area (Å²) in [6, 6.07) is 4.03. The molecule has 1 N–H and O–H groups in total. The van der Waals surface area contributed by atoms with Crippen molar-refractivity contribution in [2.75, 3.05) is 39.0 Å². The summed E-state index contributed by atoms with van der Waals surface area (Å²) in [7, 11) is 4.15. The maximum absolute atomic E-state index is 12.6. The number of hydrogen-bond acceptors (Lipinski definition) is 8. The van der Waals surface area contributed by atoms with Crippen LogP contribution in [0.4, 0.5) is 5.82 Å². The second-order valence-electron chi connectivity index (χ2n) is 6.91. The molecule has 3 aromatic rings. The van der Waals surface area contributed by atoms with Crippen LogP contribution in [0, 0.1) is 0 Å². The zero-order valence-corrected chi connectivity index (χ0v) is 16.6. The van der Waals surface area contributed by atoms with Crippen LogP contribution in [-0.4, -0.2) is 80.2 Å². The fourth-order valence-corrected chi connectivity index (χ4v) is 3.78. The summed E-state index contributed by atoms with van der Waals surface area (Å²) >= 11 is 1.45. The normalized spacial score (nSPS) is 17.3. The molecule has 28 heavy (non-hydrogen) atoms. The summed E-state index contributed by atoms with van der Waals surface area (Å²) in [5.74, 6) is 1.40. The third-order valence-corrected chi connectivity index (χ3v) is 5.46. The van der Waals surface area contributed by atoms with Gasteiger partial charge in [0.15, 0.2) is 16.6 Å². The van der Waals surface area contributed by atoms with Gasteiger partial charge in [-0.05, 0) is 26.6 Å². The SMILES string of the molecule is CN(C)[C@H]1CCN(CC(=O)Nc2cc(-n3cccn3)nc(-c3nccs3)n2)C1. The van der Waals surface area contributed by atoms with Crippen molar-refractivity contribution in [1.29, 1.82) is 0 Å². The predicted molar refractivity (Wildman–Crippen MR) is 107 cm³/mol. The standard InChI is InChI=1S/C18H22N8OS/c1-24(2)13-4-8-25(11-13)12-16(27)21-14-10-15(26-7-3-5-20-26)23-17(22-14)18-19-6-9-28-18/h3,5-7,9-10,13H,4,8,11-12H2,1-2H3,(H,21,22,23,27)/t13-/m0/s1. The van der Waals surface area contributed by atoms with Crippen molar-refractivity contribution in [3.63, 3.8) is 0 Å². The van der Waals surface area contributed by atoms with Gasteiger partial charge in [-0.3, -0.25) is 9.69 Å². The molecule has 0 aliphatic carbocycles. The Kier molecular flexibility index (Phi) is 5.42. The molecule has 4 rings (SSSR count). The monoisotopic (exact) mass is 398 g/mol. The summed E-state index contributed by atoms with van der Waals surface area (Å²) in [4.78, 5) is 30.2. The van der Waals surface area contributed by atoms with E-state index in [1.54, 1.807) is 29.3 Å². The number of rotatable bonds is 6. The smallest absolute Gasteiger partial charge is 0.239 e. The molecule has 1 fully saturated rings. The summed E-state index contributed by atoms with van der Waals surface area (Å²) < 4.78 is 1.64. The Morgan fingerprint density at radius 1 is 1.36 bits per heavy atom. The minimum atomic E-state index is -0.0883. The van der Waals surface area contributed by atoms with Crippen molar-refractivity contribution in [1.82, 2.24) is 34.5 Å². The zero-order chi connectivity index (χ0) is 19.5. The number of nitrogens with one attached hydrogen (secondary N) is 1. The van der Waals surface area contributed by atoms with Gasteiger partial charge in [-0.25, -0.2) is 19.6 Å². The highest BCUT2D eigenvalue weighted by Crippen LogP contribution is 2.21. The van der Waals surface area contributed by atoms with Crippen molar-refractivity contribution in [2.24, 2.45) is 0 Å². The Morgan fingerprint density at radius 2 is 2.25 bits per heavy atom. The van der Waals surface area contributed by atoms with Crippen molar-refractivity contribution in [3.8, 4) is 16.6 Å². The molecule has 3 aromatic heterocycles. The van der Waals surface area contributed by atoms with Gasteiger partial charge >= 0.3 is 0 Å². The number of likely N-dealkylation sites (N-methyl/N-ethyl adjacent to an activating group) is 1. The lowest BCUT2D eigenvalue weighted by Crippen LogP contribution is -2.35. The van der Waals surface area contributed by atoms with Crippen molar-refractivity contribution < 1.29 is 4.79 Å². The van der Waals surface area contributed by atoms with E-state index in [4.69, 9.17) is 0 Å². The molecule has 1 aliphatic heterocycles. The van der Waals surface area contributed by atoms with Crippen LogP contribution in [0.15, 0.2) is 36.1 Å². The molecule has 0 spiro atoms. The van der Waals surface area contributed by atoms with E-state index in [0.717, 1.165) is 19.5 Å². The fourth-order valence-electron chi connectivity index (χ4n) is 3.21. The van der Waals surface area contributed by atoms with Gasteiger partial charge in [-0.1, -0.05) is 0 Å². The molecule has 4 heterocycles. The topological polar surface area (TPSA) is 92.1 Å². The zero-order valence-electron chi connectivity index (χ0n) is 15.8. The molecule has 0 bridgehead atoms. The van der Waals surface area contributed by atoms with Crippen LogP contribution in [0.5, 0.6) is 0 Å². The van der Waals surface area contributed by atoms with Gasteiger partial charge in [-0.2, -0.15) is 5.10 Å². The van der Waals surface area contributed by atoms with Crippen LogP contribution in [0.3, 0.4) is 0 Å². The highest BCUT2D eigenvalue weighted by molar-refractivity contribution is 7.13. The van der Waals surface area contributed by atoms with Crippen LogP contribution >= 0.6 is 11.3 Å². The fraction of sp³-hybridized carbons (Fsp3) is 0.389. The first-order valence-electron chi connectivity index (χ1n) is 9.06. The minimum absolute atomic E-state index is 0.0883. The molecule has 146 valence electrons. The highest BCUT2D eigenvalue weighted by atomic mass is 32.1. The van der Waals surface area contributed by atoms with E-state index in [9.17, 15) is 4.79 Å². The van der Waals surface area contributed by atoms with Crippen molar-refractivity contribution in [2.45, 2.75) is 12.5 Å². The van der Waals surface area contributed by atoms with Crippen LogP contribution in [0.1, 0.15) is 6.42 Å².